The molecule has 0 amide bonds. The van der Waals surface area contributed by atoms with E-state index in [4.69, 9.17) is 4.74 Å². The number of carbonyl (C=O) groups is 1. The molecule has 0 saturated heterocycles. The lowest BCUT2D eigenvalue weighted by molar-refractivity contribution is -0.140. The average Bonchev–Trinajstić information content (AvgIpc) is 2.85. The van der Waals surface area contributed by atoms with Gasteiger partial charge in [0.1, 0.15) is 6.10 Å². The van der Waals surface area contributed by atoms with Crippen molar-refractivity contribution in [2.75, 3.05) is 6.61 Å². The van der Waals surface area contributed by atoms with E-state index >= 15 is 0 Å². The Hall–Kier alpha value is -2.32. The summed E-state index contributed by atoms with van der Waals surface area (Å²) in [6.45, 7) is 5.42. The van der Waals surface area contributed by atoms with E-state index in [1.807, 2.05) is 19.1 Å². The van der Waals surface area contributed by atoms with Crippen molar-refractivity contribution < 1.29 is 14.6 Å². The molecule has 23 heavy (non-hydrogen) atoms. The highest BCUT2D eigenvalue weighted by Gasteiger charge is 2.31. The normalized spacial score (nSPS) is 17.0. The molecule has 5 heteroatoms. The largest absolute Gasteiger partial charge is 0.481 e. The van der Waals surface area contributed by atoms with Crippen LogP contribution in [0.5, 0.6) is 0 Å². The van der Waals surface area contributed by atoms with Crippen LogP contribution in [-0.2, 0) is 22.5 Å². The Morgan fingerprint density at radius 2 is 2.30 bits per heavy atom. The van der Waals surface area contributed by atoms with Gasteiger partial charge in [0.05, 0.1) is 35.9 Å². The molecule has 0 aliphatic carbocycles. The molecule has 1 atom stereocenters. The zero-order chi connectivity index (χ0) is 16.6. The number of fused-ring (bicyclic) bond motifs is 3. The van der Waals surface area contributed by atoms with Gasteiger partial charge in [-0.1, -0.05) is 13.0 Å². The lowest BCUT2D eigenvalue weighted by Gasteiger charge is -2.25. The van der Waals surface area contributed by atoms with E-state index in [1.165, 1.54) is 0 Å². The van der Waals surface area contributed by atoms with Gasteiger partial charge in [0.15, 0.2) is 0 Å². The molecular weight excluding hydrogens is 292 g/mol. The number of aryl methyl sites for hydroxylation is 2. The van der Waals surface area contributed by atoms with Crippen LogP contribution in [0, 0.1) is 18.3 Å². The van der Waals surface area contributed by atoms with Crippen LogP contribution in [0.2, 0.25) is 0 Å². The fourth-order valence-corrected chi connectivity index (χ4v) is 3.63. The number of nitriles is 1. The lowest BCUT2D eigenvalue weighted by atomic mass is 9.97. The van der Waals surface area contributed by atoms with Crippen LogP contribution in [0.25, 0.3) is 10.9 Å². The molecule has 1 unspecified atom stereocenters. The van der Waals surface area contributed by atoms with E-state index in [9.17, 15) is 15.2 Å². The maximum absolute atomic E-state index is 11.2. The molecule has 5 nitrogen and oxygen atoms in total. The van der Waals surface area contributed by atoms with Gasteiger partial charge in [-0.25, -0.2) is 0 Å². The van der Waals surface area contributed by atoms with Gasteiger partial charge < -0.3 is 14.4 Å². The SMILES string of the molecule is CCCn1c2c(c3c(C#N)ccc(C)c31)CCOC2CC(=O)O. The van der Waals surface area contributed by atoms with Crippen LogP contribution in [0.1, 0.15) is 48.3 Å². The number of nitrogens with zero attached hydrogens (tertiary/aromatic N) is 2. The first-order valence-corrected chi connectivity index (χ1v) is 7.96. The summed E-state index contributed by atoms with van der Waals surface area (Å²) in [6, 6.07) is 6.11. The highest BCUT2D eigenvalue weighted by molar-refractivity contribution is 5.93. The molecule has 0 bridgehead atoms. The monoisotopic (exact) mass is 312 g/mol. The fourth-order valence-electron chi connectivity index (χ4n) is 3.63. The number of benzene rings is 1. The molecule has 1 aliphatic rings. The maximum atomic E-state index is 11.2. The van der Waals surface area contributed by atoms with Gasteiger partial charge >= 0.3 is 5.97 Å². The molecule has 2 aromatic rings. The summed E-state index contributed by atoms with van der Waals surface area (Å²) in [7, 11) is 0. The summed E-state index contributed by atoms with van der Waals surface area (Å²) < 4.78 is 7.93. The quantitative estimate of drug-likeness (QED) is 0.939. The standard InChI is InChI=1S/C18H20N2O3/c1-3-7-20-17-11(2)4-5-12(10-19)16(17)13-6-8-23-14(18(13)20)9-15(21)22/h4-5,14H,3,6-9H2,1-2H3,(H,21,22). The third kappa shape index (κ3) is 2.49. The highest BCUT2D eigenvalue weighted by atomic mass is 16.5. The Balaban J connectivity index is 2.35. The van der Waals surface area contributed by atoms with E-state index in [1.54, 1.807) is 0 Å². The zero-order valence-electron chi connectivity index (χ0n) is 13.4. The Bertz CT molecular complexity index is 814. The van der Waals surface area contributed by atoms with E-state index in [2.05, 4.69) is 17.6 Å². The minimum absolute atomic E-state index is 0.0476. The number of rotatable bonds is 4. The average molecular weight is 312 g/mol. The number of aromatic nitrogens is 1. The Morgan fingerprint density at radius 1 is 1.52 bits per heavy atom. The highest BCUT2D eigenvalue weighted by Crippen LogP contribution is 2.39. The zero-order valence-corrected chi connectivity index (χ0v) is 13.4. The van der Waals surface area contributed by atoms with Gasteiger partial charge in [0, 0.05) is 11.9 Å². The number of hydrogen-bond donors (Lipinski definition) is 1. The molecule has 2 heterocycles. The van der Waals surface area contributed by atoms with Crippen LogP contribution in [0.4, 0.5) is 0 Å². The second-order valence-corrected chi connectivity index (χ2v) is 5.99. The number of aliphatic carboxylic acids is 1. The third-order valence-electron chi connectivity index (χ3n) is 4.46. The molecule has 0 spiro atoms. The molecule has 1 aromatic heterocycles. The van der Waals surface area contributed by atoms with Crippen LogP contribution in [-0.4, -0.2) is 22.2 Å². The summed E-state index contributed by atoms with van der Waals surface area (Å²) in [5.41, 5.74) is 4.85. The fraction of sp³-hybridized carbons (Fsp3) is 0.444. The van der Waals surface area contributed by atoms with Gasteiger partial charge in [-0.15, -0.1) is 0 Å². The molecule has 0 saturated carbocycles. The first kappa shape index (κ1) is 15.6. The molecule has 1 N–H and O–H groups in total. The van der Waals surface area contributed by atoms with Crippen molar-refractivity contribution in [3.8, 4) is 6.07 Å². The van der Waals surface area contributed by atoms with Crippen molar-refractivity contribution in [2.45, 2.75) is 45.8 Å². The minimum atomic E-state index is -0.867. The number of hydrogen-bond acceptors (Lipinski definition) is 3. The van der Waals surface area contributed by atoms with Gasteiger partial charge in [0.25, 0.3) is 0 Å². The lowest BCUT2D eigenvalue weighted by Crippen LogP contribution is -2.21. The first-order chi connectivity index (χ1) is 11.1. The second-order valence-electron chi connectivity index (χ2n) is 5.99. The van der Waals surface area contributed by atoms with Crippen LogP contribution in [0.3, 0.4) is 0 Å². The summed E-state index contributed by atoms with van der Waals surface area (Å²) in [6.07, 6.45) is 1.16. The van der Waals surface area contributed by atoms with Crippen molar-refractivity contribution in [3.63, 3.8) is 0 Å². The predicted molar refractivity (Wildman–Crippen MR) is 86.3 cm³/mol. The minimum Gasteiger partial charge on any atom is -0.481 e. The molecule has 1 aliphatic heterocycles. The van der Waals surface area contributed by atoms with Crippen molar-refractivity contribution in [1.82, 2.24) is 4.57 Å². The summed E-state index contributed by atoms with van der Waals surface area (Å²) in [5, 5.41) is 19.7. The first-order valence-electron chi connectivity index (χ1n) is 7.96. The van der Waals surface area contributed by atoms with E-state index < -0.39 is 12.1 Å². The molecule has 3 rings (SSSR count). The third-order valence-corrected chi connectivity index (χ3v) is 4.46. The van der Waals surface area contributed by atoms with Crippen molar-refractivity contribution >= 4 is 16.9 Å². The van der Waals surface area contributed by atoms with Gasteiger partial charge in [-0.3, -0.25) is 4.79 Å². The summed E-state index contributed by atoms with van der Waals surface area (Å²) in [4.78, 5) is 11.2. The van der Waals surface area contributed by atoms with Crippen molar-refractivity contribution in [1.29, 1.82) is 5.26 Å². The smallest absolute Gasteiger partial charge is 0.306 e. The van der Waals surface area contributed by atoms with Gasteiger partial charge in [0.2, 0.25) is 0 Å². The molecule has 120 valence electrons. The van der Waals surface area contributed by atoms with Gasteiger partial charge in [-0.05, 0) is 37.0 Å². The van der Waals surface area contributed by atoms with Crippen molar-refractivity contribution in [3.05, 3.63) is 34.5 Å². The van der Waals surface area contributed by atoms with Crippen molar-refractivity contribution in [2.24, 2.45) is 0 Å². The predicted octanol–water partition coefficient (Wildman–Crippen LogP) is 3.32. The number of carboxylic acid groups (broad SMARTS) is 1. The molecule has 0 radical (unpaired) electrons. The van der Waals surface area contributed by atoms with E-state index in [0.717, 1.165) is 47.1 Å². The van der Waals surface area contributed by atoms with E-state index in [0.29, 0.717) is 12.2 Å². The molecular formula is C18H20N2O3. The topological polar surface area (TPSA) is 75.2 Å². The maximum Gasteiger partial charge on any atom is 0.306 e. The van der Waals surface area contributed by atoms with Gasteiger partial charge in [-0.2, -0.15) is 5.26 Å². The van der Waals surface area contributed by atoms with Crippen LogP contribution in [0.15, 0.2) is 12.1 Å². The molecule has 0 fully saturated rings. The number of carboxylic acids is 1. The summed E-state index contributed by atoms with van der Waals surface area (Å²) >= 11 is 0. The second kappa shape index (κ2) is 6.05. The van der Waals surface area contributed by atoms with Crippen LogP contribution >= 0.6 is 0 Å². The number of ether oxygens (including phenoxy) is 1. The summed E-state index contributed by atoms with van der Waals surface area (Å²) in [5.74, 6) is -0.867. The Labute approximate surface area is 135 Å². The Kier molecular flexibility index (Phi) is 4.10. The molecule has 1 aromatic carbocycles. The van der Waals surface area contributed by atoms with Crippen LogP contribution < -0.4 is 0 Å². The van der Waals surface area contributed by atoms with E-state index in [-0.39, 0.29) is 6.42 Å². The Morgan fingerprint density at radius 3 is 2.96 bits per heavy atom.